The van der Waals surface area contributed by atoms with Crippen molar-refractivity contribution in [3.05, 3.63) is 47.3 Å². The minimum atomic E-state index is -0.533. The van der Waals surface area contributed by atoms with Gasteiger partial charge in [0.15, 0.2) is 6.61 Å². The summed E-state index contributed by atoms with van der Waals surface area (Å²) < 4.78 is 12.6. The lowest BCUT2D eigenvalue weighted by molar-refractivity contribution is -0.146. The van der Waals surface area contributed by atoms with Crippen molar-refractivity contribution in [2.24, 2.45) is 0 Å². The van der Waals surface area contributed by atoms with Crippen molar-refractivity contribution in [1.29, 1.82) is 0 Å². The fraction of sp³-hybridized carbons (Fsp3) is 0.450. The molecule has 2 aromatic rings. The number of carbonyl (C=O) groups excluding carboxylic acids is 2. The molecule has 1 fully saturated rings. The molecule has 2 unspecified atom stereocenters. The zero-order chi connectivity index (χ0) is 19.6. The van der Waals surface area contributed by atoms with Crippen LogP contribution in [-0.2, 0) is 14.3 Å². The highest BCUT2D eigenvalue weighted by molar-refractivity contribution is 5.93. The van der Waals surface area contributed by atoms with Crippen molar-refractivity contribution < 1.29 is 19.1 Å². The second-order valence-corrected chi connectivity index (χ2v) is 6.93. The van der Waals surface area contributed by atoms with Gasteiger partial charge in [-0.3, -0.25) is 4.79 Å². The molecule has 1 amide bonds. The normalized spacial score (nSPS) is 19.8. The summed E-state index contributed by atoms with van der Waals surface area (Å²) in [5, 5.41) is 4.44. The molecule has 0 aliphatic carbocycles. The topological polar surface area (TPSA) is 73.7 Å². The van der Waals surface area contributed by atoms with E-state index in [4.69, 9.17) is 9.47 Å². The number of hydrogen-bond acceptors (Lipinski definition) is 5. The average Bonchev–Trinajstić information content (AvgIpc) is 2.93. The molecule has 0 N–H and O–H groups in total. The summed E-state index contributed by atoms with van der Waals surface area (Å²) in [6, 6.07) is 9.57. The lowest BCUT2D eigenvalue weighted by Crippen LogP contribution is -2.49. The van der Waals surface area contributed by atoms with Crippen LogP contribution < -0.4 is 0 Å². The lowest BCUT2D eigenvalue weighted by Gasteiger charge is -2.35. The highest BCUT2D eigenvalue weighted by atomic mass is 16.5. The summed E-state index contributed by atoms with van der Waals surface area (Å²) in [6.07, 6.45) is -0.0519. The van der Waals surface area contributed by atoms with Crippen LogP contribution in [0, 0.1) is 13.8 Å². The second-order valence-electron chi connectivity index (χ2n) is 6.93. The SMILES string of the molecule is Cc1nn(-c2ccccc2)c(C)c1C(=O)OCC(=O)N1CC(C)OC(C)C1. The summed E-state index contributed by atoms with van der Waals surface area (Å²) in [5.41, 5.74) is 2.52. The minimum Gasteiger partial charge on any atom is -0.452 e. The van der Waals surface area contributed by atoms with Gasteiger partial charge >= 0.3 is 5.97 Å². The molecule has 0 saturated carbocycles. The van der Waals surface area contributed by atoms with Gasteiger partial charge in [-0.25, -0.2) is 9.48 Å². The maximum absolute atomic E-state index is 12.6. The number of esters is 1. The van der Waals surface area contributed by atoms with Crippen LogP contribution in [0.4, 0.5) is 0 Å². The molecule has 3 rings (SSSR count). The van der Waals surface area contributed by atoms with Gasteiger partial charge in [-0.2, -0.15) is 5.10 Å². The highest BCUT2D eigenvalue weighted by Gasteiger charge is 2.27. The van der Waals surface area contributed by atoms with Crippen molar-refractivity contribution >= 4 is 11.9 Å². The molecular formula is C20H25N3O4. The number of benzene rings is 1. The van der Waals surface area contributed by atoms with E-state index in [1.807, 2.05) is 51.1 Å². The van der Waals surface area contributed by atoms with Gasteiger partial charge in [0.05, 0.1) is 29.3 Å². The lowest BCUT2D eigenvalue weighted by atomic mass is 10.2. The van der Waals surface area contributed by atoms with Crippen LogP contribution in [0.25, 0.3) is 5.69 Å². The van der Waals surface area contributed by atoms with Crippen LogP contribution in [0.15, 0.2) is 30.3 Å². The van der Waals surface area contributed by atoms with Crippen LogP contribution in [0.3, 0.4) is 0 Å². The Balaban J connectivity index is 1.68. The number of hydrogen-bond donors (Lipinski definition) is 0. The van der Waals surface area contributed by atoms with E-state index in [-0.39, 0.29) is 24.7 Å². The van der Waals surface area contributed by atoms with Gasteiger partial charge < -0.3 is 14.4 Å². The molecule has 0 spiro atoms. The highest BCUT2D eigenvalue weighted by Crippen LogP contribution is 2.19. The molecular weight excluding hydrogens is 346 g/mol. The van der Waals surface area contributed by atoms with Crippen molar-refractivity contribution in [3.63, 3.8) is 0 Å². The molecule has 2 heterocycles. The van der Waals surface area contributed by atoms with E-state index in [2.05, 4.69) is 5.10 Å². The van der Waals surface area contributed by atoms with Gasteiger partial charge in [0, 0.05) is 13.1 Å². The third kappa shape index (κ3) is 4.19. The Morgan fingerprint density at radius 3 is 2.41 bits per heavy atom. The molecule has 27 heavy (non-hydrogen) atoms. The quantitative estimate of drug-likeness (QED) is 0.771. The Hall–Kier alpha value is -2.67. The average molecular weight is 371 g/mol. The molecule has 144 valence electrons. The summed E-state index contributed by atoms with van der Waals surface area (Å²) in [5.74, 6) is -0.744. The number of para-hydroxylation sites is 1. The Kier molecular flexibility index (Phi) is 5.60. The minimum absolute atomic E-state index is 0.0259. The number of rotatable bonds is 4. The fourth-order valence-electron chi connectivity index (χ4n) is 3.43. The van der Waals surface area contributed by atoms with E-state index < -0.39 is 5.97 Å². The van der Waals surface area contributed by atoms with E-state index >= 15 is 0 Å². The first-order chi connectivity index (χ1) is 12.9. The number of morpholine rings is 1. The van der Waals surface area contributed by atoms with Gasteiger partial charge in [-0.15, -0.1) is 0 Å². The van der Waals surface area contributed by atoms with Crippen molar-refractivity contribution in [2.75, 3.05) is 19.7 Å². The predicted octanol–water partition coefficient (Wildman–Crippen LogP) is 2.28. The largest absolute Gasteiger partial charge is 0.452 e. The van der Waals surface area contributed by atoms with E-state index in [0.29, 0.717) is 30.0 Å². The van der Waals surface area contributed by atoms with Crippen LogP contribution in [0.2, 0.25) is 0 Å². The van der Waals surface area contributed by atoms with Crippen LogP contribution in [0.1, 0.15) is 35.6 Å². The Morgan fingerprint density at radius 1 is 1.15 bits per heavy atom. The molecule has 7 nitrogen and oxygen atoms in total. The standard InChI is InChI=1S/C20H25N3O4/c1-13-10-22(11-14(2)27-13)18(24)12-26-20(25)19-15(3)21-23(16(19)4)17-8-6-5-7-9-17/h5-9,13-14H,10-12H2,1-4H3. The summed E-state index contributed by atoms with van der Waals surface area (Å²) in [4.78, 5) is 26.6. The Bertz CT molecular complexity index is 821. The monoisotopic (exact) mass is 371 g/mol. The maximum Gasteiger partial charge on any atom is 0.342 e. The second kappa shape index (κ2) is 7.92. The fourth-order valence-corrected chi connectivity index (χ4v) is 3.43. The summed E-state index contributed by atoms with van der Waals surface area (Å²) in [6.45, 7) is 8.15. The molecule has 1 saturated heterocycles. The molecule has 1 aromatic carbocycles. The van der Waals surface area contributed by atoms with Crippen LogP contribution >= 0.6 is 0 Å². The van der Waals surface area contributed by atoms with Crippen molar-refractivity contribution in [2.45, 2.75) is 39.9 Å². The van der Waals surface area contributed by atoms with Gasteiger partial charge in [0.1, 0.15) is 5.56 Å². The zero-order valence-corrected chi connectivity index (χ0v) is 16.1. The molecule has 1 aromatic heterocycles. The number of aryl methyl sites for hydroxylation is 1. The van der Waals surface area contributed by atoms with Crippen molar-refractivity contribution in [3.8, 4) is 5.69 Å². The van der Waals surface area contributed by atoms with Gasteiger partial charge in [-0.1, -0.05) is 18.2 Å². The number of amides is 1. The van der Waals surface area contributed by atoms with Gasteiger partial charge in [0.25, 0.3) is 5.91 Å². The first-order valence-corrected chi connectivity index (χ1v) is 9.08. The molecule has 1 aliphatic heterocycles. The summed E-state index contributed by atoms with van der Waals surface area (Å²) >= 11 is 0. The third-order valence-electron chi connectivity index (χ3n) is 4.60. The van der Waals surface area contributed by atoms with Crippen molar-refractivity contribution in [1.82, 2.24) is 14.7 Å². The Morgan fingerprint density at radius 2 is 1.78 bits per heavy atom. The van der Waals surface area contributed by atoms with E-state index in [1.165, 1.54) is 0 Å². The number of aromatic nitrogens is 2. The molecule has 1 aliphatic rings. The summed E-state index contributed by atoms with van der Waals surface area (Å²) in [7, 11) is 0. The zero-order valence-electron chi connectivity index (χ0n) is 16.1. The first-order valence-electron chi connectivity index (χ1n) is 9.08. The maximum atomic E-state index is 12.6. The van der Waals surface area contributed by atoms with Gasteiger partial charge in [0.2, 0.25) is 0 Å². The first kappa shape index (κ1) is 19.1. The van der Waals surface area contributed by atoms with Gasteiger partial charge in [-0.05, 0) is 39.8 Å². The number of nitrogens with zero attached hydrogens (tertiary/aromatic N) is 3. The molecule has 2 atom stereocenters. The molecule has 0 radical (unpaired) electrons. The smallest absolute Gasteiger partial charge is 0.342 e. The molecule has 7 heteroatoms. The predicted molar refractivity (Wildman–Crippen MR) is 99.9 cm³/mol. The van der Waals surface area contributed by atoms with Crippen LogP contribution in [0.5, 0.6) is 0 Å². The Labute approximate surface area is 158 Å². The van der Waals surface area contributed by atoms with E-state index in [0.717, 1.165) is 5.69 Å². The number of ether oxygens (including phenoxy) is 2. The van der Waals surface area contributed by atoms with E-state index in [9.17, 15) is 9.59 Å². The molecule has 0 bridgehead atoms. The van der Waals surface area contributed by atoms with Crippen LogP contribution in [-0.4, -0.2) is 58.5 Å². The van der Waals surface area contributed by atoms with E-state index in [1.54, 1.807) is 16.5 Å². The number of carbonyl (C=O) groups is 2. The third-order valence-corrected chi connectivity index (χ3v) is 4.60.